The highest BCUT2D eigenvalue weighted by molar-refractivity contribution is 5.95. The minimum atomic E-state index is -0.0160. The van der Waals surface area contributed by atoms with Crippen LogP contribution in [0.25, 0.3) is 0 Å². The van der Waals surface area contributed by atoms with Crippen molar-refractivity contribution in [2.45, 2.75) is 25.9 Å². The van der Waals surface area contributed by atoms with Crippen molar-refractivity contribution < 1.29 is 9.53 Å². The number of anilines is 2. The smallest absolute Gasteiger partial charge is 0.238 e. The lowest BCUT2D eigenvalue weighted by Gasteiger charge is -2.31. The SMILES string of the molecule is CCOC1CCN(CC(=O)Nc2ccccc2N)CC1. The van der Waals surface area contributed by atoms with E-state index in [4.69, 9.17) is 10.5 Å². The van der Waals surface area contributed by atoms with Crippen LogP contribution in [0.15, 0.2) is 24.3 Å². The maximum atomic E-state index is 12.0. The molecule has 20 heavy (non-hydrogen) atoms. The highest BCUT2D eigenvalue weighted by atomic mass is 16.5. The number of ether oxygens (including phenoxy) is 1. The third-order valence-corrected chi connectivity index (χ3v) is 3.54. The Labute approximate surface area is 120 Å². The van der Waals surface area contributed by atoms with Gasteiger partial charge in [-0.25, -0.2) is 0 Å². The topological polar surface area (TPSA) is 67.6 Å². The molecule has 1 amide bonds. The Balaban J connectivity index is 1.77. The summed E-state index contributed by atoms with van der Waals surface area (Å²) in [5, 5.41) is 2.86. The Kier molecular flexibility index (Phi) is 5.38. The Morgan fingerprint density at radius 3 is 2.75 bits per heavy atom. The van der Waals surface area contributed by atoms with Gasteiger partial charge in [0.1, 0.15) is 0 Å². The lowest BCUT2D eigenvalue weighted by atomic mass is 10.1. The maximum Gasteiger partial charge on any atom is 0.238 e. The quantitative estimate of drug-likeness (QED) is 0.804. The van der Waals surface area contributed by atoms with Gasteiger partial charge in [-0.3, -0.25) is 9.69 Å². The third-order valence-electron chi connectivity index (χ3n) is 3.54. The van der Waals surface area contributed by atoms with E-state index in [9.17, 15) is 4.79 Å². The zero-order valence-electron chi connectivity index (χ0n) is 12.0. The molecule has 5 heteroatoms. The fourth-order valence-electron chi connectivity index (χ4n) is 2.47. The van der Waals surface area contributed by atoms with E-state index in [1.54, 1.807) is 6.07 Å². The molecular formula is C15H23N3O2. The average molecular weight is 277 g/mol. The van der Waals surface area contributed by atoms with Gasteiger partial charge in [-0.2, -0.15) is 0 Å². The number of hydrogen-bond acceptors (Lipinski definition) is 4. The lowest BCUT2D eigenvalue weighted by Crippen LogP contribution is -2.41. The van der Waals surface area contributed by atoms with Crippen molar-refractivity contribution >= 4 is 17.3 Å². The molecule has 1 aliphatic heterocycles. The van der Waals surface area contributed by atoms with Crippen molar-refractivity contribution in [1.29, 1.82) is 0 Å². The fourth-order valence-corrected chi connectivity index (χ4v) is 2.47. The second-order valence-electron chi connectivity index (χ2n) is 5.07. The molecule has 2 rings (SSSR count). The standard InChI is InChI=1S/C15H23N3O2/c1-2-20-12-7-9-18(10-8-12)11-15(19)17-14-6-4-3-5-13(14)16/h3-6,12H,2,7-11,16H2,1H3,(H,17,19). The largest absolute Gasteiger partial charge is 0.397 e. The summed E-state index contributed by atoms with van der Waals surface area (Å²) in [7, 11) is 0. The van der Waals surface area contributed by atoms with Crippen LogP contribution >= 0.6 is 0 Å². The summed E-state index contributed by atoms with van der Waals surface area (Å²) >= 11 is 0. The Bertz CT molecular complexity index is 442. The summed E-state index contributed by atoms with van der Waals surface area (Å²) in [6, 6.07) is 7.31. The number of nitrogens with zero attached hydrogens (tertiary/aromatic N) is 1. The molecule has 1 aromatic rings. The van der Waals surface area contributed by atoms with Crippen LogP contribution in [0, 0.1) is 0 Å². The van der Waals surface area contributed by atoms with Crippen LogP contribution < -0.4 is 11.1 Å². The first-order valence-corrected chi connectivity index (χ1v) is 7.17. The first kappa shape index (κ1) is 14.8. The molecule has 1 saturated heterocycles. The van der Waals surface area contributed by atoms with E-state index in [2.05, 4.69) is 10.2 Å². The predicted octanol–water partition coefficient (Wildman–Crippen LogP) is 1.71. The summed E-state index contributed by atoms with van der Waals surface area (Å²) in [6.07, 6.45) is 2.34. The second kappa shape index (κ2) is 7.26. The Hall–Kier alpha value is -1.59. The number of rotatable bonds is 5. The number of hydrogen-bond donors (Lipinski definition) is 2. The second-order valence-corrected chi connectivity index (χ2v) is 5.07. The Morgan fingerprint density at radius 2 is 2.10 bits per heavy atom. The molecule has 0 aliphatic carbocycles. The van der Waals surface area contributed by atoms with Crippen molar-refractivity contribution in [2.24, 2.45) is 0 Å². The number of likely N-dealkylation sites (tertiary alicyclic amines) is 1. The van der Waals surface area contributed by atoms with Crippen molar-refractivity contribution in [3.8, 4) is 0 Å². The normalized spacial score (nSPS) is 17.1. The van der Waals surface area contributed by atoms with Gasteiger partial charge >= 0.3 is 0 Å². The fraction of sp³-hybridized carbons (Fsp3) is 0.533. The van der Waals surface area contributed by atoms with E-state index < -0.39 is 0 Å². The van der Waals surface area contributed by atoms with E-state index in [0.29, 0.717) is 24.0 Å². The minimum absolute atomic E-state index is 0.0160. The van der Waals surface area contributed by atoms with Gasteiger partial charge in [0.25, 0.3) is 0 Å². The summed E-state index contributed by atoms with van der Waals surface area (Å²) in [5.41, 5.74) is 7.08. The highest BCUT2D eigenvalue weighted by Crippen LogP contribution is 2.17. The van der Waals surface area contributed by atoms with Crippen molar-refractivity contribution in [2.75, 3.05) is 37.3 Å². The number of carbonyl (C=O) groups is 1. The molecular weight excluding hydrogens is 254 g/mol. The number of benzene rings is 1. The summed E-state index contributed by atoms with van der Waals surface area (Å²) < 4.78 is 5.60. The molecule has 110 valence electrons. The number of nitrogens with one attached hydrogen (secondary N) is 1. The Morgan fingerprint density at radius 1 is 1.40 bits per heavy atom. The lowest BCUT2D eigenvalue weighted by molar-refractivity contribution is -0.118. The molecule has 1 heterocycles. The number of para-hydroxylation sites is 2. The summed E-state index contributed by atoms with van der Waals surface area (Å²) in [4.78, 5) is 14.2. The number of piperidine rings is 1. The van der Waals surface area contributed by atoms with E-state index in [1.165, 1.54) is 0 Å². The van der Waals surface area contributed by atoms with Gasteiger partial charge in [-0.05, 0) is 31.9 Å². The first-order chi connectivity index (χ1) is 9.69. The maximum absolute atomic E-state index is 12.0. The van der Waals surface area contributed by atoms with Crippen LogP contribution in [-0.2, 0) is 9.53 Å². The first-order valence-electron chi connectivity index (χ1n) is 7.17. The molecule has 3 N–H and O–H groups in total. The molecule has 0 unspecified atom stereocenters. The molecule has 0 saturated carbocycles. The molecule has 5 nitrogen and oxygen atoms in total. The molecule has 1 aromatic carbocycles. The molecule has 0 atom stereocenters. The zero-order valence-corrected chi connectivity index (χ0v) is 12.0. The van der Waals surface area contributed by atoms with Gasteiger partial charge in [0.05, 0.1) is 24.0 Å². The number of carbonyl (C=O) groups excluding carboxylic acids is 1. The monoisotopic (exact) mass is 277 g/mol. The van der Waals surface area contributed by atoms with Gasteiger partial charge in [-0.1, -0.05) is 12.1 Å². The van der Waals surface area contributed by atoms with Crippen LogP contribution in [0.5, 0.6) is 0 Å². The van der Waals surface area contributed by atoms with Gasteiger partial charge in [0.15, 0.2) is 0 Å². The van der Waals surface area contributed by atoms with Crippen LogP contribution in [-0.4, -0.2) is 43.2 Å². The summed E-state index contributed by atoms with van der Waals surface area (Å²) in [6.45, 7) is 5.00. The van der Waals surface area contributed by atoms with Gasteiger partial charge in [-0.15, -0.1) is 0 Å². The van der Waals surface area contributed by atoms with E-state index >= 15 is 0 Å². The van der Waals surface area contributed by atoms with Gasteiger partial charge in [0.2, 0.25) is 5.91 Å². The minimum Gasteiger partial charge on any atom is -0.397 e. The van der Waals surface area contributed by atoms with Crippen molar-refractivity contribution in [3.63, 3.8) is 0 Å². The van der Waals surface area contributed by atoms with E-state index in [0.717, 1.165) is 32.5 Å². The number of nitrogens with two attached hydrogens (primary N) is 1. The van der Waals surface area contributed by atoms with Crippen LogP contribution in [0.1, 0.15) is 19.8 Å². The highest BCUT2D eigenvalue weighted by Gasteiger charge is 2.20. The number of amides is 1. The zero-order chi connectivity index (χ0) is 14.4. The molecule has 0 aromatic heterocycles. The molecule has 0 bridgehead atoms. The third kappa shape index (κ3) is 4.21. The molecule has 0 radical (unpaired) electrons. The summed E-state index contributed by atoms with van der Waals surface area (Å²) in [5.74, 6) is -0.0160. The van der Waals surface area contributed by atoms with Crippen molar-refractivity contribution in [1.82, 2.24) is 4.90 Å². The molecule has 0 spiro atoms. The molecule has 1 fully saturated rings. The van der Waals surface area contributed by atoms with Crippen LogP contribution in [0.4, 0.5) is 11.4 Å². The van der Waals surface area contributed by atoms with Crippen LogP contribution in [0.3, 0.4) is 0 Å². The number of nitrogen functional groups attached to an aromatic ring is 1. The van der Waals surface area contributed by atoms with E-state index in [1.807, 2.05) is 25.1 Å². The average Bonchev–Trinajstić information content (AvgIpc) is 2.44. The predicted molar refractivity (Wildman–Crippen MR) is 80.6 cm³/mol. The van der Waals surface area contributed by atoms with Gasteiger partial charge in [0, 0.05) is 19.7 Å². The van der Waals surface area contributed by atoms with Crippen molar-refractivity contribution in [3.05, 3.63) is 24.3 Å². The molecule has 1 aliphatic rings. The van der Waals surface area contributed by atoms with Crippen LogP contribution in [0.2, 0.25) is 0 Å². The van der Waals surface area contributed by atoms with Gasteiger partial charge < -0.3 is 15.8 Å². The van der Waals surface area contributed by atoms with E-state index in [-0.39, 0.29) is 5.91 Å².